The molecule has 1 aliphatic heterocycles. The van der Waals surface area contributed by atoms with Crippen LogP contribution in [0.25, 0.3) is 6.08 Å². The molecule has 2 aromatic rings. The van der Waals surface area contributed by atoms with Gasteiger partial charge in [-0.25, -0.2) is 4.99 Å². The van der Waals surface area contributed by atoms with Gasteiger partial charge < -0.3 is 9.47 Å². The Labute approximate surface area is 167 Å². The van der Waals surface area contributed by atoms with Crippen LogP contribution in [-0.2, 0) is 11.4 Å². The summed E-state index contributed by atoms with van der Waals surface area (Å²) in [5, 5.41) is -0.0510. The van der Waals surface area contributed by atoms with Gasteiger partial charge in [-0.3, -0.25) is 4.79 Å². The summed E-state index contributed by atoms with van der Waals surface area (Å²) in [7, 11) is 1.60. The molecule has 0 atom stereocenters. The van der Waals surface area contributed by atoms with E-state index in [4.69, 9.17) is 9.47 Å². The molecular formula is C21H19NO3S2. The molecule has 0 N–H and O–H groups in total. The van der Waals surface area contributed by atoms with Crippen LogP contribution in [0.4, 0.5) is 0 Å². The van der Waals surface area contributed by atoms with E-state index in [1.165, 1.54) is 11.8 Å². The second-order valence-corrected chi connectivity index (χ2v) is 7.81. The summed E-state index contributed by atoms with van der Waals surface area (Å²) in [5.41, 5.74) is 2.35. The summed E-state index contributed by atoms with van der Waals surface area (Å²) in [6, 6.07) is 15.5. The van der Waals surface area contributed by atoms with Crippen molar-refractivity contribution in [1.29, 1.82) is 0 Å². The average molecular weight is 398 g/mol. The zero-order valence-electron chi connectivity index (χ0n) is 14.9. The van der Waals surface area contributed by atoms with Crippen LogP contribution >= 0.6 is 23.5 Å². The third kappa shape index (κ3) is 5.28. The molecule has 0 radical (unpaired) electrons. The van der Waals surface area contributed by atoms with Gasteiger partial charge in [-0.2, -0.15) is 0 Å². The van der Waals surface area contributed by atoms with Crippen molar-refractivity contribution < 1.29 is 14.3 Å². The summed E-state index contributed by atoms with van der Waals surface area (Å²) < 4.78 is 12.1. The van der Waals surface area contributed by atoms with E-state index in [0.29, 0.717) is 23.8 Å². The van der Waals surface area contributed by atoms with Crippen molar-refractivity contribution in [1.82, 2.24) is 0 Å². The molecule has 2 aromatic carbocycles. The molecule has 0 unspecified atom stereocenters. The first-order chi connectivity index (χ1) is 13.2. The van der Waals surface area contributed by atoms with Gasteiger partial charge in [0.1, 0.15) is 16.7 Å². The fraction of sp³-hybridized carbons (Fsp3) is 0.143. The summed E-state index contributed by atoms with van der Waals surface area (Å²) in [6.45, 7) is 4.14. The van der Waals surface area contributed by atoms with Crippen molar-refractivity contribution in [3.8, 4) is 11.5 Å². The van der Waals surface area contributed by atoms with Gasteiger partial charge in [0, 0.05) is 5.75 Å². The van der Waals surface area contributed by atoms with Crippen molar-refractivity contribution >= 4 is 39.1 Å². The average Bonchev–Trinajstić information content (AvgIpc) is 3.05. The molecule has 0 amide bonds. The van der Waals surface area contributed by atoms with Crippen molar-refractivity contribution in [3.05, 3.63) is 78.0 Å². The molecule has 4 nitrogen and oxygen atoms in total. The van der Waals surface area contributed by atoms with Crippen LogP contribution in [0.1, 0.15) is 11.1 Å². The maximum Gasteiger partial charge on any atom is 0.244 e. The highest BCUT2D eigenvalue weighted by atomic mass is 32.2. The minimum atomic E-state index is -0.0510. The van der Waals surface area contributed by atoms with Crippen LogP contribution < -0.4 is 9.47 Å². The van der Waals surface area contributed by atoms with E-state index in [1.54, 1.807) is 19.3 Å². The Kier molecular flexibility index (Phi) is 6.79. The number of carbonyl (C=O) groups excluding carboxylic acids is 1. The predicted molar refractivity (Wildman–Crippen MR) is 114 cm³/mol. The lowest BCUT2D eigenvalue weighted by Crippen LogP contribution is -1.98. The molecule has 0 fully saturated rings. The lowest BCUT2D eigenvalue weighted by atomic mass is 10.1. The zero-order valence-corrected chi connectivity index (χ0v) is 16.5. The topological polar surface area (TPSA) is 47.9 Å². The Hall–Kier alpha value is -2.44. The molecule has 0 aromatic heterocycles. The van der Waals surface area contributed by atoms with Crippen LogP contribution in [0.3, 0.4) is 0 Å². The number of hydrogen-bond acceptors (Lipinski definition) is 6. The van der Waals surface area contributed by atoms with Crippen molar-refractivity contribution in [2.24, 2.45) is 4.99 Å². The Morgan fingerprint density at radius 2 is 2.00 bits per heavy atom. The molecular weight excluding hydrogens is 378 g/mol. The fourth-order valence-electron chi connectivity index (χ4n) is 2.37. The smallest absolute Gasteiger partial charge is 0.244 e. The van der Waals surface area contributed by atoms with Gasteiger partial charge >= 0.3 is 0 Å². The van der Waals surface area contributed by atoms with E-state index in [2.05, 4.69) is 11.6 Å². The van der Waals surface area contributed by atoms with Crippen molar-refractivity contribution in [2.45, 2.75) is 6.61 Å². The van der Waals surface area contributed by atoms with E-state index in [0.717, 1.165) is 33.0 Å². The van der Waals surface area contributed by atoms with Crippen LogP contribution in [0.2, 0.25) is 0 Å². The first-order valence-electron chi connectivity index (χ1n) is 8.30. The molecule has 27 heavy (non-hydrogen) atoms. The Morgan fingerprint density at radius 1 is 1.19 bits per heavy atom. The van der Waals surface area contributed by atoms with Gasteiger partial charge in [0.2, 0.25) is 5.12 Å². The minimum Gasteiger partial charge on any atom is -0.493 e. The van der Waals surface area contributed by atoms with Crippen LogP contribution in [-0.4, -0.2) is 22.4 Å². The third-order valence-electron chi connectivity index (χ3n) is 3.65. The van der Waals surface area contributed by atoms with E-state index in [-0.39, 0.29) is 5.12 Å². The molecule has 3 rings (SSSR count). The number of nitrogens with zero attached hydrogens (tertiary/aromatic N) is 1. The molecule has 0 spiro atoms. The van der Waals surface area contributed by atoms with E-state index in [9.17, 15) is 4.79 Å². The first-order valence-corrected chi connectivity index (χ1v) is 10.1. The third-order valence-corrected chi connectivity index (χ3v) is 5.66. The summed E-state index contributed by atoms with van der Waals surface area (Å²) >= 11 is 2.66. The van der Waals surface area contributed by atoms with Crippen LogP contribution in [0, 0.1) is 0 Å². The number of benzene rings is 2. The van der Waals surface area contributed by atoms with Gasteiger partial charge in [-0.1, -0.05) is 54.2 Å². The van der Waals surface area contributed by atoms with E-state index < -0.39 is 0 Å². The Morgan fingerprint density at radius 3 is 2.74 bits per heavy atom. The molecule has 1 heterocycles. The Bertz CT molecular complexity index is 892. The predicted octanol–water partition coefficient (Wildman–Crippen LogP) is 5.16. The molecule has 138 valence electrons. The van der Waals surface area contributed by atoms with Gasteiger partial charge in [0.05, 0.1) is 7.11 Å². The van der Waals surface area contributed by atoms with E-state index in [1.807, 2.05) is 48.5 Å². The van der Waals surface area contributed by atoms with Crippen LogP contribution in [0.15, 0.2) is 71.9 Å². The summed E-state index contributed by atoms with van der Waals surface area (Å²) in [4.78, 5) is 16.5. The van der Waals surface area contributed by atoms with Gasteiger partial charge in [-0.15, -0.1) is 6.58 Å². The SMILES string of the molecule is C=CCSC1=NC(=Cc2ccc(OCc3ccccc3)c(OC)c2)C(=O)S1. The largest absolute Gasteiger partial charge is 0.493 e. The van der Waals surface area contributed by atoms with Gasteiger partial charge in [0.25, 0.3) is 0 Å². The molecule has 0 bridgehead atoms. The standard InChI is InChI=1S/C21H19NO3S2/c1-3-11-26-21-22-17(20(23)27-21)12-16-9-10-18(19(13-16)24-2)25-14-15-7-5-4-6-8-15/h3-10,12-13H,1,11,14H2,2H3. The number of ether oxygens (including phenoxy) is 2. The number of methoxy groups -OCH3 is 1. The summed E-state index contributed by atoms with van der Waals surface area (Å²) in [6.07, 6.45) is 3.55. The summed E-state index contributed by atoms with van der Waals surface area (Å²) in [5.74, 6) is 2.00. The lowest BCUT2D eigenvalue weighted by molar-refractivity contribution is -0.107. The molecule has 0 saturated carbocycles. The molecule has 1 aliphatic rings. The highest BCUT2D eigenvalue weighted by molar-refractivity contribution is 8.45. The number of carbonyl (C=O) groups is 1. The fourth-order valence-corrected chi connectivity index (χ4v) is 3.97. The van der Waals surface area contributed by atoms with Crippen LogP contribution in [0.5, 0.6) is 11.5 Å². The second-order valence-electron chi connectivity index (χ2n) is 5.58. The number of aliphatic imine (C=N–C) groups is 1. The lowest BCUT2D eigenvalue weighted by Gasteiger charge is -2.11. The Balaban J connectivity index is 1.74. The quantitative estimate of drug-likeness (QED) is 0.477. The van der Waals surface area contributed by atoms with Crippen molar-refractivity contribution in [2.75, 3.05) is 12.9 Å². The first kappa shape index (κ1) is 19.3. The minimum absolute atomic E-state index is 0.0510. The molecule has 0 aliphatic carbocycles. The number of thioether (sulfide) groups is 2. The number of hydrogen-bond donors (Lipinski definition) is 0. The van der Waals surface area contributed by atoms with E-state index >= 15 is 0 Å². The highest BCUT2D eigenvalue weighted by Crippen LogP contribution is 2.33. The highest BCUT2D eigenvalue weighted by Gasteiger charge is 2.22. The molecule has 0 saturated heterocycles. The monoisotopic (exact) mass is 397 g/mol. The van der Waals surface area contributed by atoms with Gasteiger partial charge in [0.15, 0.2) is 11.5 Å². The van der Waals surface area contributed by atoms with Gasteiger partial charge in [-0.05, 0) is 41.1 Å². The second kappa shape index (κ2) is 9.48. The normalized spacial score (nSPS) is 14.9. The molecule has 6 heteroatoms. The maximum atomic E-state index is 12.1. The maximum absolute atomic E-state index is 12.1. The number of rotatable bonds is 7. The van der Waals surface area contributed by atoms with Crippen molar-refractivity contribution in [3.63, 3.8) is 0 Å². The zero-order chi connectivity index (χ0) is 19.1.